The summed E-state index contributed by atoms with van der Waals surface area (Å²) in [6, 6.07) is 10.6. The largest absolute Gasteiger partial charge is 0.364 e. The van der Waals surface area contributed by atoms with Crippen molar-refractivity contribution in [3.63, 3.8) is 0 Å². The third kappa shape index (κ3) is 2.78. The van der Waals surface area contributed by atoms with Crippen molar-refractivity contribution in [2.75, 3.05) is 18.0 Å². The van der Waals surface area contributed by atoms with Crippen LogP contribution in [0.4, 0.5) is 5.13 Å². The third-order valence-corrected chi connectivity index (χ3v) is 5.08. The zero-order chi connectivity index (χ0) is 14.9. The van der Waals surface area contributed by atoms with Crippen molar-refractivity contribution in [3.05, 3.63) is 47.0 Å². The van der Waals surface area contributed by atoms with Gasteiger partial charge in [-0.05, 0) is 18.4 Å². The number of nitrogens with zero attached hydrogens (tertiary/aromatic N) is 2. The lowest BCUT2D eigenvalue weighted by molar-refractivity contribution is 0.0996. The molecule has 21 heavy (non-hydrogen) atoms. The first-order chi connectivity index (χ1) is 10.1. The number of carbonyl (C=O) groups is 1. The van der Waals surface area contributed by atoms with Gasteiger partial charge < -0.3 is 10.6 Å². The zero-order valence-electron chi connectivity index (χ0n) is 12.1. The Labute approximate surface area is 128 Å². The average molecular weight is 301 g/mol. The van der Waals surface area contributed by atoms with E-state index in [0.717, 1.165) is 24.6 Å². The number of thiazole rings is 1. The first-order valence-corrected chi connectivity index (χ1v) is 8.02. The molecule has 1 fully saturated rings. The van der Waals surface area contributed by atoms with Crippen LogP contribution in [-0.4, -0.2) is 24.0 Å². The normalized spacial score (nSPS) is 22.2. The van der Waals surface area contributed by atoms with E-state index in [9.17, 15) is 4.79 Å². The molecule has 0 radical (unpaired) electrons. The molecule has 0 unspecified atom stereocenters. The van der Waals surface area contributed by atoms with Crippen molar-refractivity contribution in [2.45, 2.75) is 25.2 Å². The molecule has 2 N–H and O–H groups in total. The second-order valence-electron chi connectivity index (χ2n) is 5.83. The Morgan fingerprint density at radius 1 is 1.38 bits per heavy atom. The smallest absolute Gasteiger partial charge is 0.268 e. The number of hydrogen-bond acceptors (Lipinski definition) is 4. The molecule has 1 aromatic heterocycles. The van der Waals surface area contributed by atoms with Crippen molar-refractivity contribution in [3.8, 4) is 0 Å². The van der Waals surface area contributed by atoms with Gasteiger partial charge in [0.15, 0.2) is 5.13 Å². The first-order valence-electron chi connectivity index (χ1n) is 7.14. The van der Waals surface area contributed by atoms with Gasteiger partial charge in [0.25, 0.3) is 5.91 Å². The summed E-state index contributed by atoms with van der Waals surface area (Å²) in [6.07, 6.45) is 2.29. The highest BCUT2D eigenvalue weighted by atomic mass is 32.1. The summed E-state index contributed by atoms with van der Waals surface area (Å²) < 4.78 is 0. The Bertz CT molecular complexity index is 640. The van der Waals surface area contributed by atoms with E-state index in [1.165, 1.54) is 23.3 Å². The maximum absolute atomic E-state index is 11.2. The van der Waals surface area contributed by atoms with E-state index >= 15 is 0 Å². The van der Waals surface area contributed by atoms with Gasteiger partial charge in [-0.15, -0.1) is 11.3 Å². The summed E-state index contributed by atoms with van der Waals surface area (Å²) in [5, 5.41) is 2.64. The van der Waals surface area contributed by atoms with E-state index < -0.39 is 5.91 Å². The molecule has 1 aliphatic rings. The summed E-state index contributed by atoms with van der Waals surface area (Å²) >= 11 is 1.49. The molecular weight excluding hydrogens is 282 g/mol. The van der Waals surface area contributed by atoms with Gasteiger partial charge in [-0.25, -0.2) is 4.98 Å². The van der Waals surface area contributed by atoms with Gasteiger partial charge in [0.1, 0.15) is 5.69 Å². The van der Waals surface area contributed by atoms with Gasteiger partial charge >= 0.3 is 0 Å². The number of amides is 1. The minimum atomic E-state index is -0.458. The van der Waals surface area contributed by atoms with E-state index in [2.05, 4.69) is 41.1 Å². The lowest BCUT2D eigenvalue weighted by atomic mass is 9.76. The monoisotopic (exact) mass is 301 g/mol. The fourth-order valence-corrected chi connectivity index (χ4v) is 3.84. The lowest BCUT2D eigenvalue weighted by Crippen LogP contribution is -2.44. The molecule has 0 bridgehead atoms. The Morgan fingerprint density at radius 3 is 2.81 bits per heavy atom. The van der Waals surface area contributed by atoms with E-state index in [0.29, 0.717) is 5.69 Å². The van der Waals surface area contributed by atoms with Crippen molar-refractivity contribution in [1.29, 1.82) is 0 Å². The topological polar surface area (TPSA) is 59.2 Å². The minimum Gasteiger partial charge on any atom is -0.364 e. The van der Waals surface area contributed by atoms with Crippen LogP contribution in [0.25, 0.3) is 0 Å². The Balaban J connectivity index is 1.83. The molecule has 2 aromatic rings. The van der Waals surface area contributed by atoms with Crippen LogP contribution in [-0.2, 0) is 5.41 Å². The maximum atomic E-state index is 11.2. The highest BCUT2D eigenvalue weighted by Crippen LogP contribution is 2.36. The third-order valence-electron chi connectivity index (χ3n) is 4.18. The number of anilines is 1. The number of primary amides is 1. The number of nitrogens with two attached hydrogens (primary N) is 1. The van der Waals surface area contributed by atoms with E-state index in [1.807, 2.05) is 6.07 Å². The fraction of sp³-hybridized carbons (Fsp3) is 0.375. The molecule has 4 nitrogen and oxygen atoms in total. The van der Waals surface area contributed by atoms with Gasteiger partial charge in [-0.2, -0.15) is 0 Å². The number of piperidine rings is 1. The number of hydrogen-bond donors (Lipinski definition) is 1. The van der Waals surface area contributed by atoms with Crippen molar-refractivity contribution in [2.24, 2.45) is 5.73 Å². The molecule has 1 atom stereocenters. The number of carbonyl (C=O) groups excluding carboxylic acids is 1. The second-order valence-corrected chi connectivity index (χ2v) is 6.67. The average Bonchev–Trinajstić information content (AvgIpc) is 2.98. The maximum Gasteiger partial charge on any atom is 0.268 e. The minimum absolute atomic E-state index is 0.123. The van der Waals surface area contributed by atoms with Crippen LogP contribution in [0.1, 0.15) is 35.8 Å². The standard InChI is InChI=1S/C16H19N3OS/c1-16(12-6-3-2-4-7-12)8-5-9-19(11-16)15-18-13(10-21-15)14(17)20/h2-4,6-7,10H,5,8-9,11H2,1H3,(H2,17,20)/t16-/m1/s1. The van der Waals surface area contributed by atoms with E-state index in [-0.39, 0.29) is 5.41 Å². The molecule has 0 saturated carbocycles. The molecule has 2 heterocycles. The van der Waals surface area contributed by atoms with Crippen LogP contribution in [0.3, 0.4) is 0 Å². The highest BCUT2D eigenvalue weighted by molar-refractivity contribution is 7.13. The van der Waals surface area contributed by atoms with Gasteiger partial charge in [-0.1, -0.05) is 37.3 Å². The molecular formula is C16H19N3OS. The van der Waals surface area contributed by atoms with E-state index in [4.69, 9.17) is 5.73 Å². The van der Waals surface area contributed by atoms with Crippen LogP contribution < -0.4 is 10.6 Å². The van der Waals surface area contributed by atoms with Crippen LogP contribution >= 0.6 is 11.3 Å². The van der Waals surface area contributed by atoms with Crippen LogP contribution in [0, 0.1) is 0 Å². The van der Waals surface area contributed by atoms with Gasteiger partial charge in [0, 0.05) is 23.9 Å². The van der Waals surface area contributed by atoms with Gasteiger partial charge in [0.05, 0.1) is 0 Å². The molecule has 1 aliphatic heterocycles. The number of benzene rings is 1. The summed E-state index contributed by atoms with van der Waals surface area (Å²) in [6.45, 7) is 4.20. The molecule has 1 amide bonds. The van der Waals surface area contributed by atoms with Crippen LogP contribution in [0.15, 0.2) is 35.7 Å². The van der Waals surface area contributed by atoms with Crippen LogP contribution in [0.2, 0.25) is 0 Å². The van der Waals surface area contributed by atoms with Gasteiger partial charge in [-0.3, -0.25) is 4.79 Å². The SMILES string of the molecule is C[C@@]1(c2ccccc2)CCCN(c2nc(C(N)=O)cs2)C1. The Hall–Kier alpha value is -1.88. The number of aromatic nitrogens is 1. The molecule has 110 valence electrons. The summed E-state index contributed by atoms with van der Waals surface area (Å²) in [4.78, 5) is 17.8. The van der Waals surface area contributed by atoms with Crippen LogP contribution in [0.5, 0.6) is 0 Å². The molecule has 0 aliphatic carbocycles. The Kier molecular flexibility index (Phi) is 3.68. The van der Waals surface area contributed by atoms with Crippen molar-refractivity contribution >= 4 is 22.4 Å². The molecule has 1 saturated heterocycles. The quantitative estimate of drug-likeness (QED) is 0.948. The summed E-state index contributed by atoms with van der Waals surface area (Å²) in [5.41, 5.74) is 7.14. The lowest BCUT2D eigenvalue weighted by Gasteiger charge is -2.41. The van der Waals surface area contributed by atoms with Crippen molar-refractivity contribution in [1.82, 2.24) is 4.98 Å². The highest BCUT2D eigenvalue weighted by Gasteiger charge is 2.33. The predicted molar refractivity (Wildman–Crippen MR) is 85.9 cm³/mol. The Morgan fingerprint density at radius 2 is 2.14 bits per heavy atom. The summed E-state index contributed by atoms with van der Waals surface area (Å²) in [5.74, 6) is -0.458. The molecule has 0 spiro atoms. The zero-order valence-corrected chi connectivity index (χ0v) is 12.9. The predicted octanol–water partition coefficient (Wildman–Crippen LogP) is 2.80. The second kappa shape index (κ2) is 5.48. The van der Waals surface area contributed by atoms with Crippen molar-refractivity contribution < 1.29 is 4.79 Å². The molecule has 5 heteroatoms. The first kappa shape index (κ1) is 14.1. The number of rotatable bonds is 3. The van der Waals surface area contributed by atoms with Gasteiger partial charge in [0.2, 0.25) is 0 Å². The van der Waals surface area contributed by atoms with E-state index in [1.54, 1.807) is 5.38 Å². The molecule has 3 rings (SSSR count). The summed E-state index contributed by atoms with van der Waals surface area (Å²) in [7, 11) is 0. The molecule has 1 aromatic carbocycles. The fourth-order valence-electron chi connectivity index (χ4n) is 3.00.